The maximum absolute atomic E-state index is 7.05. The predicted molar refractivity (Wildman–Crippen MR) is 54.0 cm³/mol. The Morgan fingerprint density at radius 3 is 3.15 bits per heavy atom. The number of thioether (sulfide) groups is 1. The SMILES string of the molecule is COc1ncccc1CSC(=N)N. The smallest absolute Gasteiger partial charge is 0.217 e. The summed E-state index contributed by atoms with van der Waals surface area (Å²) in [4.78, 5) is 4.03. The lowest BCUT2D eigenvalue weighted by atomic mass is 10.3. The summed E-state index contributed by atoms with van der Waals surface area (Å²) in [7, 11) is 1.57. The van der Waals surface area contributed by atoms with Crippen molar-refractivity contribution < 1.29 is 4.74 Å². The van der Waals surface area contributed by atoms with Gasteiger partial charge in [-0.25, -0.2) is 4.98 Å². The Hall–Kier alpha value is -1.23. The first-order chi connectivity index (χ1) is 6.24. The van der Waals surface area contributed by atoms with Crippen molar-refractivity contribution in [2.24, 2.45) is 5.73 Å². The average molecular weight is 197 g/mol. The number of nitrogens with zero attached hydrogens (tertiary/aromatic N) is 1. The molecule has 0 amide bonds. The first-order valence-corrected chi connectivity index (χ1v) is 4.67. The molecule has 4 nitrogen and oxygen atoms in total. The third-order valence-electron chi connectivity index (χ3n) is 1.43. The molecule has 0 saturated carbocycles. The van der Waals surface area contributed by atoms with Gasteiger partial charge in [0, 0.05) is 17.5 Å². The van der Waals surface area contributed by atoms with Gasteiger partial charge in [0.15, 0.2) is 5.17 Å². The van der Waals surface area contributed by atoms with Crippen LogP contribution in [-0.2, 0) is 5.75 Å². The van der Waals surface area contributed by atoms with Crippen LogP contribution < -0.4 is 10.5 Å². The maximum atomic E-state index is 7.05. The molecule has 0 spiro atoms. The van der Waals surface area contributed by atoms with Crippen molar-refractivity contribution >= 4 is 16.9 Å². The van der Waals surface area contributed by atoms with Crippen molar-refractivity contribution in [1.29, 1.82) is 5.41 Å². The molecule has 0 unspecified atom stereocenters. The van der Waals surface area contributed by atoms with Crippen LogP contribution in [0.5, 0.6) is 5.88 Å². The van der Waals surface area contributed by atoms with Crippen LogP contribution in [0.3, 0.4) is 0 Å². The Labute approximate surface area is 81.0 Å². The molecule has 3 N–H and O–H groups in total. The molecule has 0 aliphatic carbocycles. The normalized spacial score (nSPS) is 9.62. The van der Waals surface area contributed by atoms with Crippen LogP contribution in [0.1, 0.15) is 5.56 Å². The van der Waals surface area contributed by atoms with Gasteiger partial charge in [-0.2, -0.15) is 0 Å². The van der Waals surface area contributed by atoms with E-state index < -0.39 is 0 Å². The molecule has 0 aliphatic rings. The summed E-state index contributed by atoms with van der Waals surface area (Å²) in [6, 6.07) is 3.74. The average Bonchev–Trinajstić information content (AvgIpc) is 2.15. The van der Waals surface area contributed by atoms with Crippen molar-refractivity contribution in [1.82, 2.24) is 4.98 Å². The highest BCUT2D eigenvalue weighted by Crippen LogP contribution is 2.19. The van der Waals surface area contributed by atoms with Crippen LogP contribution >= 0.6 is 11.8 Å². The van der Waals surface area contributed by atoms with Gasteiger partial charge in [0.05, 0.1) is 7.11 Å². The molecule has 0 bridgehead atoms. The second kappa shape index (κ2) is 4.71. The largest absolute Gasteiger partial charge is 0.481 e. The molecule has 0 saturated heterocycles. The molecule has 0 radical (unpaired) electrons. The number of aromatic nitrogens is 1. The number of amidine groups is 1. The molecule has 1 aromatic heterocycles. The molecule has 70 valence electrons. The van der Waals surface area contributed by atoms with E-state index in [-0.39, 0.29) is 5.17 Å². The highest BCUT2D eigenvalue weighted by molar-refractivity contribution is 8.13. The van der Waals surface area contributed by atoms with Crippen LogP contribution in [-0.4, -0.2) is 17.3 Å². The van der Waals surface area contributed by atoms with Crippen LogP contribution in [0.25, 0.3) is 0 Å². The van der Waals surface area contributed by atoms with Gasteiger partial charge >= 0.3 is 0 Å². The topological polar surface area (TPSA) is 72.0 Å². The van der Waals surface area contributed by atoms with Crippen molar-refractivity contribution in [2.75, 3.05) is 7.11 Å². The van der Waals surface area contributed by atoms with E-state index in [9.17, 15) is 0 Å². The number of hydrogen-bond donors (Lipinski definition) is 2. The molecule has 1 rings (SSSR count). The lowest BCUT2D eigenvalue weighted by Gasteiger charge is -2.04. The van der Waals surface area contributed by atoms with Gasteiger partial charge < -0.3 is 10.5 Å². The fourth-order valence-electron chi connectivity index (χ4n) is 0.873. The van der Waals surface area contributed by atoms with Crippen molar-refractivity contribution in [2.45, 2.75) is 5.75 Å². The standard InChI is InChI=1S/C8H11N3OS/c1-12-7-6(3-2-4-11-7)5-13-8(9)10/h2-4H,5H2,1H3,(H3,9,10). The summed E-state index contributed by atoms with van der Waals surface area (Å²) in [5.74, 6) is 1.21. The monoisotopic (exact) mass is 197 g/mol. The Morgan fingerprint density at radius 2 is 2.54 bits per heavy atom. The number of nitrogens with two attached hydrogens (primary N) is 1. The van der Waals surface area contributed by atoms with Gasteiger partial charge in [0.25, 0.3) is 0 Å². The molecule has 5 heteroatoms. The van der Waals surface area contributed by atoms with Gasteiger partial charge in [-0.1, -0.05) is 17.8 Å². The lowest BCUT2D eigenvalue weighted by molar-refractivity contribution is 0.394. The van der Waals surface area contributed by atoms with Gasteiger partial charge in [-0.05, 0) is 6.07 Å². The molecule has 1 heterocycles. The van der Waals surface area contributed by atoms with Gasteiger partial charge in [0.2, 0.25) is 5.88 Å². The number of methoxy groups -OCH3 is 1. The van der Waals surface area contributed by atoms with E-state index in [0.717, 1.165) is 5.56 Å². The summed E-state index contributed by atoms with van der Waals surface area (Å²) in [6.07, 6.45) is 1.67. The second-order valence-corrected chi connectivity index (χ2v) is 3.34. The molecule has 13 heavy (non-hydrogen) atoms. The molecular formula is C8H11N3OS. The van der Waals surface area contributed by atoms with Crippen molar-refractivity contribution in [3.63, 3.8) is 0 Å². The molecule has 1 aromatic rings. The minimum Gasteiger partial charge on any atom is -0.481 e. The summed E-state index contributed by atoms with van der Waals surface area (Å²) < 4.78 is 5.04. The van der Waals surface area contributed by atoms with Gasteiger partial charge in [0.1, 0.15) is 0 Å². The van der Waals surface area contributed by atoms with Crippen LogP contribution in [0.4, 0.5) is 0 Å². The molecule has 0 aliphatic heterocycles. The minimum atomic E-state index is 0.103. The highest BCUT2D eigenvalue weighted by atomic mass is 32.2. The van der Waals surface area contributed by atoms with Crippen LogP contribution in [0.2, 0.25) is 0 Å². The quantitative estimate of drug-likeness (QED) is 0.564. The van der Waals surface area contributed by atoms with Crippen LogP contribution in [0, 0.1) is 5.41 Å². The fraction of sp³-hybridized carbons (Fsp3) is 0.250. The predicted octanol–water partition coefficient (Wildman–Crippen LogP) is 1.22. The Kier molecular flexibility index (Phi) is 3.57. The summed E-state index contributed by atoms with van der Waals surface area (Å²) in [5.41, 5.74) is 6.17. The van der Waals surface area contributed by atoms with E-state index in [1.807, 2.05) is 12.1 Å². The van der Waals surface area contributed by atoms with Gasteiger partial charge in [-0.3, -0.25) is 5.41 Å². The van der Waals surface area contributed by atoms with E-state index in [1.54, 1.807) is 13.3 Å². The Morgan fingerprint density at radius 1 is 1.77 bits per heavy atom. The van der Waals surface area contributed by atoms with E-state index in [4.69, 9.17) is 15.9 Å². The third-order valence-corrected chi connectivity index (χ3v) is 2.19. The van der Waals surface area contributed by atoms with E-state index in [1.165, 1.54) is 11.8 Å². The third kappa shape index (κ3) is 2.95. The Bertz CT molecular complexity index is 303. The van der Waals surface area contributed by atoms with Crippen molar-refractivity contribution in [3.05, 3.63) is 23.9 Å². The van der Waals surface area contributed by atoms with E-state index in [0.29, 0.717) is 11.6 Å². The van der Waals surface area contributed by atoms with Crippen molar-refractivity contribution in [3.8, 4) is 5.88 Å². The number of pyridine rings is 1. The van der Waals surface area contributed by atoms with Crippen LogP contribution in [0.15, 0.2) is 18.3 Å². The van der Waals surface area contributed by atoms with Gasteiger partial charge in [-0.15, -0.1) is 0 Å². The minimum absolute atomic E-state index is 0.103. The lowest BCUT2D eigenvalue weighted by Crippen LogP contribution is -2.04. The Balaban J connectivity index is 2.69. The second-order valence-electron chi connectivity index (χ2n) is 2.32. The first kappa shape index (κ1) is 9.85. The molecule has 0 aromatic carbocycles. The first-order valence-electron chi connectivity index (χ1n) is 3.68. The summed E-state index contributed by atoms with van der Waals surface area (Å²) >= 11 is 1.25. The number of rotatable bonds is 3. The molecular weight excluding hydrogens is 186 g/mol. The fourth-order valence-corrected chi connectivity index (χ4v) is 1.40. The highest BCUT2D eigenvalue weighted by Gasteiger charge is 2.03. The van der Waals surface area contributed by atoms with E-state index >= 15 is 0 Å². The zero-order valence-electron chi connectivity index (χ0n) is 7.28. The zero-order chi connectivity index (χ0) is 9.68. The zero-order valence-corrected chi connectivity index (χ0v) is 8.10. The van der Waals surface area contributed by atoms with E-state index in [2.05, 4.69) is 4.98 Å². The number of ether oxygens (including phenoxy) is 1. The number of nitrogens with one attached hydrogen (secondary N) is 1. The maximum Gasteiger partial charge on any atom is 0.217 e. The molecule has 0 fully saturated rings. The summed E-state index contributed by atoms with van der Waals surface area (Å²) in [5, 5.41) is 7.15. The summed E-state index contributed by atoms with van der Waals surface area (Å²) in [6.45, 7) is 0. The molecule has 0 atom stereocenters. The number of hydrogen-bond acceptors (Lipinski definition) is 4.